The molecule has 25 heavy (non-hydrogen) atoms. The smallest absolute Gasteiger partial charge is 0.162 e. The maximum Gasteiger partial charge on any atom is 0.162 e. The van der Waals surface area contributed by atoms with E-state index in [4.69, 9.17) is 0 Å². The predicted molar refractivity (Wildman–Crippen MR) is 111 cm³/mol. The third kappa shape index (κ3) is 7.78. The molecule has 0 radical (unpaired) electrons. The van der Waals surface area contributed by atoms with Crippen molar-refractivity contribution in [3.05, 3.63) is 59.2 Å². The molecule has 0 aliphatic heterocycles. The van der Waals surface area contributed by atoms with Gasteiger partial charge in [0, 0.05) is 17.9 Å². The average Bonchev–Trinajstić information content (AvgIpc) is 3.19. The summed E-state index contributed by atoms with van der Waals surface area (Å²) in [7, 11) is 4.50. The number of carbonyl (C=O) groups excluding carboxylic acids is 1. The van der Waals surface area contributed by atoms with Crippen LogP contribution >= 0.6 is 0 Å². The minimum atomic E-state index is 0.0721. The highest BCUT2D eigenvalue weighted by atomic mass is 16.1. The lowest BCUT2D eigenvalue weighted by atomic mass is 9.82. The SMILES string of the molecule is CCC(=O)c1cc(C(C)(C)C)ccc1C1C=CC=C1.CN.CN.CN. The molecule has 1 aliphatic carbocycles. The van der Waals surface area contributed by atoms with Crippen molar-refractivity contribution in [1.82, 2.24) is 0 Å². The molecular formula is C21H37N3O. The zero-order valence-electron chi connectivity index (χ0n) is 17.0. The lowest BCUT2D eigenvalue weighted by Gasteiger charge is -2.22. The Bertz CT molecular complexity index is 543. The van der Waals surface area contributed by atoms with Gasteiger partial charge in [-0.05, 0) is 43.8 Å². The van der Waals surface area contributed by atoms with Gasteiger partial charge in [0.15, 0.2) is 5.78 Å². The summed E-state index contributed by atoms with van der Waals surface area (Å²) in [6, 6.07) is 6.36. The first kappa shape index (κ1) is 25.5. The van der Waals surface area contributed by atoms with Crippen LogP contribution in [0.25, 0.3) is 0 Å². The fourth-order valence-electron chi connectivity index (χ4n) is 2.38. The highest BCUT2D eigenvalue weighted by molar-refractivity contribution is 5.98. The van der Waals surface area contributed by atoms with Gasteiger partial charge in [0.1, 0.15) is 0 Å². The van der Waals surface area contributed by atoms with Crippen molar-refractivity contribution in [3.63, 3.8) is 0 Å². The van der Waals surface area contributed by atoms with E-state index in [2.05, 4.69) is 68.3 Å². The highest BCUT2D eigenvalue weighted by Gasteiger charge is 2.20. The van der Waals surface area contributed by atoms with E-state index in [0.29, 0.717) is 6.42 Å². The number of nitrogens with two attached hydrogens (primary N) is 3. The zero-order chi connectivity index (χ0) is 20.0. The van der Waals surface area contributed by atoms with Gasteiger partial charge in [-0.15, -0.1) is 0 Å². The van der Waals surface area contributed by atoms with Crippen molar-refractivity contribution >= 4 is 5.78 Å². The number of ketones is 1. The molecule has 1 aromatic rings. The summed E-state index contributed by atoms with van der Waals surface area (Å²) in [5.41, 5.74) is 16.8. The topological polar surface area (TPSA) is 95.1 Å². The molecular weight excluding hydrogens is 310 g/mol. The van der Waals surface area contributed by atoms with E-state index in [1.54, 1.807) is 0 Å². The van der Waals surface area contributed by atoms with Crippen LogP contribution in [-0.4, -0.2) is 26.9 Å². The molecule has 0 aromatic heterocycles. The van der Waals surface area contributed by atoms with E-state index in [0.717, 1.165) is 11.1 Å². The van der Waals surface area contributed by atoms with E-state index >= 15 is 0 Å². The largest absolute Gasteiger partial charge is 0.333 e. The van der Waals surface area contributed by atoms with Crippen molar-refractivity contribution in [2.24, 2.45) is 17.2 Å². The Morgan fingerprint density at radius 2 is 1.44 bits per heavy atom. The van der Waals surface area contributed by atoms with Gasteiger partial charge in [-0.1, -0.05) is 64.1 Å². The summed E-state index contributed by atoms with van der Waals surface area (Å²) < 4.78 is 0. The lowest BCUT2D eigenvalue weighted by molar-refractivity contribution is 0.0987. The van der Waals surface area contributed by atoms with Crippen LogP contribution < -0.4 is 17.2 Å². The van der Waals surface area contributed by atoms with Gasteiger partial charge >= 0.3 is 0 Å². The fourth-order valence-corrected chi connectivity index (χ4v) is 2.38. The van der Waals surface area contributed by atoms with Crippen LogP contribution in [0.1, 0.15) is 61.5 Å². The molecule has 0 spiro atoms. The van der Waals surface area contributed by atoms with E-state index in [-0.39, 0.29) is 17.1 Å². The first-order valence-electron chi connectivity index (χ1n) is 8.69. The molecule has 0 amide bonds. The van der Waals surface area contributed by atoms with Gasteiger partial charge in [-0.25, -0.2) is 0 Å². The Hall–Kier alpha value is -1.75. The molecule has 2 rings (SSSR count). The molecule has 1 aromatic carbocycles. The number of rotatable bonds is 3. The molecule has 0 fully saturated rings. The number of allylic oxidation sites excluding steroid dienone is 4. The van der Waals surface area contributed by atoms with Crippen LogP contribution in [0.15, 0.2) is 42.5 Å². The summed E-state index contributed by atoms with van der Waals surface area (Å²) in [6.07, 6.45) is 8.92. The molecule has 6 N–H and O–H groups in total. The Morgan fingerprint density at radius 1 is 0.960 bits per heavy atom. The van der Waals surface area contributed by atoms with Gasteiger partial charge < -0.3 is 17.2 Å². The second kappa shape index (κ2) is 13.5. The van der Waals surface area contributed by atoms with Crippen molar-refractivity contribution in [2.45, 2.75) is 45.4 Å². The third-order valence-electron chi connectivity index (χ3n) is 3.65. The number of benzene rings is 1. The molecule has 0 heterocycles. The van der Waals surface area contributed by atoms with Crippen LogP contribution in [0.3, 0.4) is 0 Å². The van der Waals surface area contributed by atoms with Gasteiger partial charge in [-0.2, -0.15) is 0 Å². The monoisotopic (exact) mass is 347 g/mol. The highest BCUT2D eigenvalue weighted by Crippen LogP contribution is 2.31. The van der Waals surface area contributed by atoms with Crippen LogP contribution in [0.5, 0.6) is 0 Å². The van der Waals surface area contributed by atoms with Gasteiger partial charge in [0.25, 0.3) is 0 Å². The second-order valence-electron chi connectivity index (χ2n) is 6.12. The molecule has 142 valence electrons. The number of carbonyl (C=O) groups is 1. The van der Waals surface area contributed by atoms with Crippen LogP contribution in [0.4, 0.5) is 0 Å². The maximum atomic E-state index is 12.2. The second-order valence-corrected chi connectivity index (χ2v) is 6.12. The van der Waals surface area contributed by atoms with E-state index in [1.807, 2.05) is 19.1 Å². The third-order valence-corrected chi connectivity index (χ3v) is 3.65. The standard InChI is InChI=1S/C18H22O.3CH5N/c1-5-17(19)16-12-14(18(2,3)4)10-11-15(16)13-8-6-7-9-13;3*1-2/h6-13H,5H2,1-4H3;3*2H2,1H3. The number of Topliss-reactive ketones (excluding diaryl/α,β-unsaturated/α-hetero) is 1. The van der Waals surface area contributed by atoms with Crippen molar-refractivity contribution in [1.29, 1.82) is 0 Å². The van der Waals surface area contributed by atoms with E-state index in [9.17, 15) is 4.79 Å². The molecule has 4 nitrogen and oxygen atoms in total. The molecule has 1 aliphatic rings. The quantitative estimate of drug-likeness (QED) is 0.729. The van der Waals surface area contributed by atoms with Gasteiger partial charge in [0.2, 0.25) is 0 Å². The number of hydrogen-bond acceptors (Lipinski definition) is 4. The Balaban J connectivity index is 0. The predicted octanol–water partition coefficient (Wildman–Crippen LogP) is 3.51. The minimum Gasteiger partial charge on any atom is -0.333 e. The first-order valence-corrected chi connectivity index (χ1v) is 8.69. The minimum absolute atomic E-state index is 0.0721. The zero-order valence-corrected chi connectivity index (χ0v) is 17.0. The molecule has 0 unspecified atom stereocenters. The van der Waals surface area contributed by atoms with E-state index in [1.165, 1.54) is 26.7 Å². The lowest BCUT2D eigenvalue weighted by Crippen LogP contribution is -2.14. The molecule has 4 heteroatoms. The van der Waals surface area contributed by atoms with Crippen LogP contribution in [0.2, 0.25) is 0 Å². The number of hydrogen-bond donors (Lipinski definition) is 3. The fraction of sp³-hybridized carbons (Fsp3) is 0.476. The summed E-state index contributed by atoms with van der Waals surface area (Å²) in [5.74, 6) is 0.481. The Morgan fingerprint density at radius 3 is 1.84 bits per heavy atom. The van der Waals surface area contributed by atoms with Crippen molar-refractivity contribution in [2.75, 3.05) is 21.1 Å². The van der Waals surface area contributed by atoms with Crippen LogP contribution in [-0.2, 0) is 5.41 Å². The van der Waals surface area contributed by atoms with Crippen molar-refractivity contribution in [3.8, 4) is 0 Å². The molecule has 0 bridgehead atoms. The van der Waals surface area contributed by atoms with Gasteiger partial charge in [0.05, 0.1) is 0 Å². The molecule has 0 saturated carbocycles. The Kier molecular flexibility index (Phi) is 13.8. The summed E-state index contributed by atoms with van der Waals surface area (Å²) in [6.45, 7) is 8.46. The summed E-state index contributed by atoms with van der Waals surface area (Å²) in [4.78, 5) is 12.2. The van der Waals surface area contributed by atoms with Crippen LogP contribution in [0, 0.1) is 0 Å². The average molecular weight is 348 g/mol. The first-order chi connectivity index (χ1) is 11.9. The maximum absolute atomic E-state index is 12.2. The summed E-state index contributed by atoms with van der Waals surface area (Å²) in [5, 5.41) is 0. The normalized spacial score (nSPS) is 12.2. The van der Waals surface area contributed by atoms with E-state index < -0.39 is 0 Å². The van der Waals surface area contributed by atoms with Gasteiger partial charge in [-0.3, -0.25) is 4.79 Å². The molecule has 0 atom stereocenters. The molecule has 0 saturated heterocycles. The van der Waals surface area contributed by atoms with Crippen molar-refractivity contribution < 1.29 is 4.79 Å². The summed E-state index contributed by atoms with van der Waals surface area (Å²) >= 11 is 0. The Labute approximate surface area is 154 Å².